The van der Waals surface area contributed by atoms with Crippen LogP contribution in [0.4, 0.5) is 18.0 Å². The topological polar surface area (TPSA) is 38.3 Å². The molecule has 0 aromatic rings. The van der Waals surface area contributed by atoms with Crippen LogP contribution >= 0.6 is 0 Å². The van der Waals surface area contributed by atoms with Gasteiger partial charge in [-0.2, -0.15) is 13.2 Å². The fraction of sp³-hybridized carbons (Fsp3) is 0.625. The maximum Gasteiger partial charge on any atom is 0.422 e. The van der Waals surface area contributed by atoms with Gasteiger partial charge in [-0.3, -0.25) is 0 Å². The van der Waals surface area contributed by atoms with Crippen LogP contribution in [0.25, 0.3) is 0 Å². The van der Waals surface area contributed by atoms with E-state index in [4.69, 9.17) is 0 Å². The van der Waals surface area contributed by atoms with Crippen LogP contribution in [-0.2, 0) is 4.74 Å². The number of hydrogen-bond acceptors (Lipinski definition) is 2. The molecule has 1 amide bonds. The molecule has 0 fully saturated rings. The number of alkyl halides is 3. The van der Waals surface area contributed by atoms with Crippen molar-refractivity contribution in [2.45, 2.75) is 25.1 Å². The molecule has 1 aliphatic carbocycles. The molecule has 0 radical (unpaired) electrons. The maximum atomic E-state index is 11.6. The van der Waals surface area contributed by atoms with Crippen molar-refractivity contribution in [1.82, 2.24) is 5.32 Å². The number of nitrogens with one attached hydrogen (secondary N) is 1. The summed E-state index contributed by atoms with van der Waals surface area (Å²) in [5.41, 5.74) is 0. The van der Waals surface area contributed by atoms with Crippen molar-refractivity contribution in [3.8, 4) is 0 Å². The van der Waals surface area contributed by atoms with Crippen molar-refractivity contribution in [3.05, 3.63) is 12.2 Å². The Labute approximate surface area is 78.9 Å². The molecule has 1 N–H and O–H groups in total. The van der Waals surface area contributed by atoms with Crippen LogP contribution in [0.1, 0.15) is 12.8 Å². The summed E-state index contributed by atoms with van der Waals surface area (Å²) in [6.07, 6.45) is -0.493. The summed E-state index contributed by atoms with van der Waals surface area (Å²) in [5.74, 6) is 0. The van der Waals surface area contributed by atoms with Crippen molar-refractivity contribution < 1.29 is 22.7 Å². The molecule has 1 aliphatic rings. The van der Waals surface area contributed by atoms with Crippen molar-refractivity contribution in [2.75, 3.05) is 6.61 Å². The highest BCUT2D eigenvalue weighted by molar-refractivity contribution is 5.67. The standard InChI is InChI=1S/C8H10F3NO2/c9-8(10,11)5-14-7(13)12-6-3-1-2-4-6/h1-2,6H,3-5H2,(H,12,13). The van der Waals surface area contributed by atoms with E-state index < -0.39 is 18.9 Å². The van der Waals surface area contributed by atoms with E-state index in [1.165, 1.54) is 0 Å². The quantitative estimate of drug-likeness (QED) is 0.706. The van der Waals surface area contributed by atoms with Crippen LogP contribution in [0, 0.1) is 0 Å². The second-order valence-corrected chi connectivity index (χ2v) is 2.98. The Morgan fingerprint density at radius 2 is 2.00 bits per heavy atom. The molecule has 6 heteroatoms. The molecule has 14 heavy (non-hydrogen) atoms. The Bertz CT molecular complexity index is 229. The van der Waals surface area contributed by atoms with Gasteiger partial charge in [-0.1, -0.05) is 12.2 Å². The van der Waals surface area contributed by atoms with Gasteiger partial charge in [-0.15, -0.1) is 0 Å². The van der Waals surface area contributed by atoms with Gasteiger partial charge in [-0.05, 0) is 12.8 Å². The van der Waals surface area contributed by atoms with E-state index in [9.17, 15) is 18.0 Å². The predicted octanol–water partition coefficient (Wildman–Crippen LogP) is 1.99. The van der Waals surface area contributed by atoms with Crippen LogP contribution in [0.2, 0.25) is 0 Å². The fourth-order valence-electron chi connectivity index (χ4n) is 1.09. The van der Waals surface area contributed by atoms with Crippen LogP contribution in [0.5, 0.6) is 0 Å². The van der Waals surface area contributed by atoms with E-state index in [0.717, 1.165) is 0 Å². The molecule has 0 aromatic heterocycles. The molecule has 80 valence electrons. The van der Waals surface area contributed by atoms with Crippen LogP contribution in [0.15, 0.2) is 12.2 Å². The van der Waals surface area contributed by atoms with Gasteiger partial charge in [-0.25, -0.2) is 4.79 Å². The zero-order chi connectivity index (χ0) is 10.6. The molecular formula is C8H10F3NO2. The van der Waals surface area contributed by atoms with Crippen molar-refractivity contribution in [1.29, 1.82) is 0 Å². The zero-order valence-electron chi connectivity index (χ0n) is 7.30. The van der Waals surface area contributed by atoms with Crippen molar-refractivity contribution in [3.63, 3.8) is 0 Å². The second kappa shape index (κ2) is 4.34. The lowest BCUT2D eigenvalue weighted by Crippen LogP contribution is -2.35. The van der Waals surface area contributed by atoms with Gasteiger partial charge in [0.05, 0.1) is 0 Å². The molecule has 0 aliphatic heterocycles. The molecule has 3 nitrogen and oxygen atoms in total. The average Bonchev–Trinajstić information content (AvgIpc) is 2.52. The predicted molar refractivity (Wildman–Crippen MR) is 42.7 cm³/mol. The lowest BCUT2D eigenvalue weighted by molar-refractivity contribution is -0.160. The Morgan fingerprint density at radius 3 is 2.50 bits per heavy atom. The average molecular weight is 209 g/mol. The number of carbonyl (C=O) groups is 1. The third kappa shape index (κ3) is 4.15. The molecule has 0 atom stereocenters. The summed E-state index contributed by atoms with van der Waals surface area (Å²) < 4.78 is 38.8. The number of alkyl carbamates (subject to hydrolysis) is 1. The Balaban J connectivity index is 2.16. The smallest absolute Gasteiger partial charge is 0.422 e. The number of amides is 1. The molecule has 0 saturated carbocycles. The minimum atomic E-state index is -4.47. The number of ether oxygens (including phenoxy) is 1. The van der Waals surface area contributed by atoms with E-state index in [-0.39, 0.29) is 6.04 Å². The number of carbonyl (C=O) groups excluding carboxylic acids is 1. The lowest BCUT2D eigenvalue weighted by atomic mass is 10.2. The molecule has 0 heterocycles. The molecule has 0 bridgehead atoms. The summed E-state index contributed by atoms with van der Waals surface area (Å²) in [6, 6.07) is -0.129. The summed E-state index contributed by atoms with van der Waals surface area (Å²) in [5, 5.41) is 2.33. The van der Waals surface area contributed by atoms with Gasteiger partial charge in [0.15, 0.2) is 6.61 Å². The largest absolute Gasteiger partial charge is 0.440 e. The first-order valence-electron chi connectivity index (χ1n) is 4.12. The third-order valence-electron chi connectivity index (χ3n) is 1.70. The van der Waals surface area contributed by atoms with Crippen LogP contribution in [0.3, 0.4) is 0 Å². The summed E-state index contributed by atoms with van der Waals surface area (Å²) in [7, 11) is 0. The summed E-state index contributed by atoms with van der Waals surface area (Å²) >= 11 is 0. The van der Waals surface area contributed by atoms with Gasteiger partial charge < -0.3 is 10.1 Å². The second-order valence-electron chi connectivity index (χ2n) is 2.98. The molecule has 0 saturated heterocycles. The van der Waals surface area contributed by atoms with E-state index >= 15 is 0 Å². The molecule has 1 rings (SSSR count). The first-order valence-corrected chi connectivity index (χ1v) is 4.12. The first-order chi connectivity index (χ1) is 6.47. The number of halogens is 3. The van der Waals surface area contributed by atoms with Gasteiger partial charge in [0.2, 0.25) is 0 Å². The molecular weight excluding hydrogens is 199 g/mol. The van der Waals surface area contributed by atoms with Gasteiger partial charge in [0.1, 0.15) is 0 Å². The highest BCUT2D eigenvalue weighted by Crippen LogP contribution is 2.15. The number of hydrogen-bond donors (Lipinski definition) is 1. The minimum absolute atomic E-state index is 0.129. The van der Waals surface area contributed by atoms with Crippen molar-refractivity contribution in [2.24, 2.45) is 0 Å². The SMILES string of the molecule is O=C(NC1CC=CC1)OCC(F)(F)F. The molecule has 0 unspecified atom stereocenters. The first kappa shape index (κ1) is 10.9. The van der Waals surface area contributed by atoms with Gasteiger partial charge in [0.25, 0.3) is 0 Å². The Kier molecular flexibility index (Phi) is 3.38. The van der Waals surface area contributed by atoms with Crippen LogP contribution < -0.4 is 5.32 Å². The molecule has 0 aromatic carbocycles. The van der Waals surface area contributed by atoms with Crippen molar-refractivity contribution >= 4 is 6.09 Å². The van der Waals surface area contributed by atoms with Gasteiger partial charge in [0, 0.05) is 6.04 Å². The Morgan fingerprint density at radius 1 is 1.43 bits per heavy atom. The zero-order valence-corrected chi connectivity index (χ0v) is 7.30. The summed E-state index contributed by atoms with van der Waals surface area (Å²) in [6.45, 7) is -1.54. The fourth-order valence-corrected chi connectivity index (χ4v) is 1.09. The normalized spacial score (nSPS) is 17.1. The highest BCUT2D eigenvalue weighted by Gasteiger charge is 2.29. The van der Waals surface area contributed by atoms with E-state index in [2.05, 4.69) is 10.1 Å². The monoisotopic (exact) mass is 209 g/mol. The van der Waals surface area contributed by atoms with Gasteiger partial charge >= 0.3 is 12.3 Å². The summed E-state index contributed by atoms with van der Waals surface area (Å²) in [4.78, 5) is 10.8. The Hall–Kier alpha value is -1.20. The van der Waals surface area contributed by atoms with E-state index in [0.29, 0.717) is 12.8 Å². The highest BCUT2D eigenvalue weighted by atomic mass is 19.4. The van der Waals surface area contributed by atoms with E-state index in [1.807, 2.05) is 12.2 Å². The van der Waals surface area contributed by atoms with E-state index in [1.54, 1.807) is 0 Å². The molecule has 0 spiro atoms. The number of rotatable bonds is 2. The third-order valence-corrected chi connectivity index (χ3v) is 1.70. The van der Waals surface area contributed by atoms with Crippen LogP contribution in [-0.4, -0.2) is 24.9 Å². The lowest BCUT2D eigenvalue weighted by Gasteiger charge is -2.13. The minimum Gasteiger partial charge on any atom is -0.440 e. The maximum absolute atomic E-state index is 11.6.